The predicted octanol–water partition coefficient (Wildman–Crippen LogP) is 1.97. The van der Waals surface area contributed by atoms with Gasteiger partial charge in [-0.3, -0.25) is 4.40 Å². The standard InChI is InChI=1S/C8H4BrN3/c9-8-6-3-1-2-4-12(6)7(5-10)11-8/h1-4H. The smallest absolute Gasteiger partial charge is 0.218 e. The Kier molecular flexibility index (Phi) is 1.59. The highest BCUT2D eigenvalue weighted by Crippen LogP contribution is 2.17. The Hall–Kier alpha value is -1.34. The second-order valence-corrected chi connectivity index (χ2v) is 3.05. The lowest BCUT2D eigenvalue weighted by atomic mass is 10.4. The maximum atomic E-state index is 8.69. The quantitative estimate of drug-likeness (QED) is 0.683. The van der Waals surface area contributed by atoms with Crippen LogP contribution in [0.3, 0.4) is 0 Å². The molecule has 0 saturated carbocycles. The number of nitriles is 1. The van der Waals surface area contributed by atoms with Crippen molar-refractivity contribution in [3.05, 3.63) is 34.8 Å². The number of rotatable bonds is 0. The minimum atomic E-state index is 0.400. The fraction of sp³-hybridized carbons (Fsp3) is 0. The van der Waals surface area contributed by atoms with Gasteiger partial charge in [0.1, 0.15) is 10.7 Å². The number of fused-ring (bicyclic) bond motifs is 1. The van der Waals surface area contributed by atoms with Gasteiger partial charge in [0.05, 0.1) is 5.52 Å². The average Bonchev–Trinajstić information content (AvgIpc) is 2.44. The average molecular weight is 222 g/mol. The molecule has 0 aliphatic heterocycles. The third kappa shape index (κ3) is 0.908. The Morgan fingerprint density at radius 3 is 3.08 bits per heavy atom. The molecule has 0 saturated heterocycles. The van der Waals surface area contributed by atoms with Gasteiger partial charge in [0.25, 0.3) is 0 Å². The first kappa shape index (κ1) is 7.32. The van der Waals surface area contributed by atoms with Gasteiger partial charge in [0, 0.05) is 6.20 Å². The first-order valence-electron chi connectivity index (χ1n) is 3.35. The normalized spacial score (nSPS) is 10.0. The number of halogens is 1. The van der Waals surface area contributed by atoms with Crippen molar-refractivity contribution in [2.24, 2.45) is 0 Å². The molecular formula is C8H4BrN3. The Morgan fingerprint density at radius 1 is 1.50 bits per heavy atom. The third-order valence-corrected chi connectivity index (χ3v) is 2.19. The monoisotopic (exact) mass is 221 g/mol. The van der Waals surface area contributed by atoms with Crippen molar-refractivity contribution in [1.82, 2.24) is 9.38 Å². The zero-order chi connectivity index (χ0) is 8.55. The molecule has 2 rings (SSSR count). The topological polar surface area (TPSA) is 41.1 Å². The molecule has 0 aliphatic carbocycles. The van der Waals surface area contributed by atoms with Crippen molar-refractivity contribution in [2.45, 2.75) is 0 Å². The zero-order valence-electron chi connectivity index (χ0n) is 6.03. The van der Waals surface area contributed by atoms with Crippen molar-refractivity contribution in [3.8, 4) is 6.07 Å². The van der Waals surface area contributed by atoms with Gasteiger partial charge in [-0.2, -0.15) is 5.26 Å². The van der Waals surface area contributed by atoms with Crippen LogP contribution in [-0.2, 0) is 0 Å². The molecule has 0 N–H and O–H groups in total. The number of aromatic nitrogens is 2. The van der Waals surface area contributed by atoms with Crippen LogP contribution in [0.15, 0.2) is 29.0 Å². The van der Waals surface area contributed by atoms with Gasteiger partial charge < -0.3 is 0 Å². The summed E-state index contributed by atoms with van der Waals surface area (Å²) < 4.78 is 2.45. The minimum Gasteiger partial charge on any atom is -0.290 e. The van der Waals surface area contributed by atoms with E-state index in [1.807, 2.05) is 30.5 Å². The summed E-state index contributed by atoms with van der Waals surface area (Å²) in [5, 5.41) is 8.69. The van der Waals surface area contributed by atoms with Crippen molar-refractivity contribution in [2.75, 3.05) is 0 Å². The summed E-state index contributed by atoms with van der Waals surface area (Å²) in [6.07, 6.45) is 1.81. The highest BCUT2D eigenvalue weighted by atomic mass is 79.9. The summed E-state index contributed by atoms with van der Waals surface area (Å²) in [5.41, 5.74) is 0.911. The second-order valence-electron chi connectivity index (χ2n) is 2.29. The molecule has 0 bridgehead atoms. The summed E-state index contributed by atoms with van der Waals surface area (Å²) in [7, 11) is 0. The largest absolute Gasteiger partial charge is 0.290 e. The van der Waals surface area contributed by atoms with E-state index in [4.69, 9.17) is 5.26 Å². The van der Waals surface area contributed by atoms with E-state index in [2.05, 4.69) is 20.9 Å². The van der Waals surface area contributed by atoms with Crippen molar-refractivity contribution in [1.29, 1.82) is 5.26 Å². The molecule has 58 valence electrons. The number of hydrogen-bond donors (Lipinski definition) is 0. The van der Waals surface area contributed by atoms with Crippen LogP contribution in [0.2, 0.25) is 0 Å². The summed E-state index contributed by atoms with van der Waals surface area (Å²) in [6.45, 7) is 0. The Bertz CT molecular complexity index is 467. The van der Waals surface area contributed by atoms with Crippen LogP contribution < -0.4 is 0 Å². The van der Waals surface area contributed by atoms with Gasteiger partial charge in [-0.25, -0.2) is 4.98 Å². The van der Waals surface area contributed by atoms with E-state index in [0.29, 0.717) is 10.4 Å². The summed E-state index contributed by atoms with van der Waals surface area (Å²) >= 11 is 3.28. The SMILES string of the molecule is N#Cc1nc(Br)c2ccccn12. The maximum absolute atomic E-state index is 8.69. The molecule has 3 nitrogen and oxygen atoms in total. The highest BCUT2D eigenvalue weighted by molar-refractivity contribution is 9.10. The van der Waals surface area contributed by atoms with Gasteiger partial charge in [-0.1, -0.05) is 6.07 Å². The van der Waals surface area contributed by atoms with Gasteiger partial charge in [-0.05, 0) is 28.1 Å². The van der Waals surface area contributed by atoms with Gasteiger partial charge in [-0.15, -0.1) is 0 Å². The molecule has 0 aliphatic rings. The molecule has 2 heterocycles. The molecule has 2 aromatic heterocycles. The molecule has 12 heavy (non-hydrogen) atoms. The van der Waals surface area contributed by atoms with E-state index < -0.39 is 0 Å². The molecule has 4 heteroatoms. The number of hydrogen-bond acceptors (Lipinski definition) is 2. The van der Waals surface area contributed by atoms with E-state index in [9.17, 15) is 0 Å². The van der Waals surface area contributed by atoms with Gasteiger partial charge >= 0.3 is 0 Å². The lowest BCUT2D eigenvalue weighted by Crippen LogP contribution is -1.86. The lowest BCUT2D eigenvalue weighted by molar-refractivity contribution is 1.10. The van der Waals surface area contributed by atoms with Crippen LogP contribution in [0, 0.1) is 11.3 Å². The number of pyridine rings is 1. The highest BCUT2D eigenvalue weighted by Gasteiger charge is 2.05. The van der Waals surface area contributed by atoms with Crippen LogP contribution in [0.4, 0.5) is 0 Å². The Morgan fingerprint density at radius 2 is 2.33 bits per heavy atom. The third-order valence-electron chi connectivity index (χ3n) is 1.60. The van der Waals surface area contributed by atoms with Crippen molar-refractivity contribution in [3.63, 3.8) is 0 Å². The molecule has 0 aromatic carbocycles. The van der Waals surface area contributed by atoms with Crippen LogP contribution in [0.5, 0.6) is 0 Å². The fourth-order valence-electron chi connectivity index (χ4n) is 1.08. The molecule has 0 unspecified atom stereocenters. The van der Waals surface area contributed by atoms with Crippen LogP contribution in [0.25, 0.3) is 5.52 Å². The first-order valence-corrected chi connectivity index (χ1v) is 4.15. The molecule has 2 aromatic rings. The van der Waals surface area contributed by atoms with E-state index in [-0.39, 0.29) is 0 Å². The zero-order valence-corrected chi connectivity index (χ0v) is 7.62. The van der Waals surface area contributed by atoms with E-state index >= 15 is 0 Å². The first-order chi connectivity index (χ1) is 5.83. The molecule has 0 amide bonds. The molecular weight excluding hydrogens is 218 g/mol. The predicted molar refractivity (Wildman–Crippen MR) is 47.6 cm³/mol. The van der Waals surface area contributed by atoms with Crippen molar-refractivity contribution >= 4 is 21.4 Å². The fourth-order valence-corrected chi connectivity index (χ4v) is 1.57. The van der Waals surface area contributed by atoms with Gasteiger partial charge in [0.2, 0.25) is 5.82 Å². The van der Waals surface area contributed by atoms with E-state index in [0.717, 1.165) is 5.52 Å². The molecule has 0 radical (unpaired) electrons. The van der Waals surface area contributed by atoms with E-state index in [1.165, 1.54) is 0 Å². The Balaban J connectivity index is 2.94. The molecule has 0 spiro atoms. The molecule has 0 fully saturated rings. The van der Waals surface area contributed by atoms with Crippen LogP contribution in [-0.4, -0.2) is 9.38 Å². The lowest BCUT2D eigenvalue weighted by Gasteiger charge is -1.90. The van der Waals surface area contributed by atoms with Gasteiger partial charge in [0.15, 0.2) is 0 Å². The summed E-state index contributed by atoms with van der Waals surface area (Å²) in [5.74, 6) is 0.400. The Labute approximate surface area is 77.4 Å². The second kappa shape index (κ2) is 2.61. The number of imidazole rings is 1. The number of nitrogens with zero attached hydrogens (tertiary/aromatic N) is 3. The minimum absolute atomic E-state index is 0.400. The molecule has 0 atom stereocenters. The van der Waals surface area contributed by atoms with Crippen molar-refractivity contribution < 1.29 is 0 Å². The van der Waals surface area contributed by atoms with E-state index in [1.54, 1.807) is 4.40 Å². The van der Waals surface area contributed by atoms with Crippen LogP contribution in [0.1, 0.15) is 5.82 Å². The maximum Gasteiger partial charge on any atom is 0.218 e. The summed E-state index contributed by atoms with van der Waals surface area (Å²) in [4.78, 5) is 4.03. The van der Waals surface area contributed by atoms with Crippen LogP contribution >= 0.6 is 15.9 Å². The summed E-state index contributed by atoms with van der Waals surface area (Å²) in [6, 6.07) is 7.68.